The smallest absolute Gasteiger partial charge is 0.411 e. The summed E-state index contributed by atoms with van der Waals surface area (Å²) in [5, 5.41) is 2.35. The van der Waals surface area contributed by atoms with Crippen molar-refractivity contribution in [3.05, 3.63) is 29.3 Å². The molecule has 1 aliphatic heterocycles. The Morgan fingerprint density at radius 1 is 1.29 bits per heavy atom. The standard InChI is InChI=1S/C15H17F2NO2S/c1-7(2)20-15(19)18-8-3-11(16)14(12(17)4-8)13-9-5-21-6-10(9)13/h3-4,7,9-10,13H,5-6H2,1-2H3,(H,18,19)/t9-,10+,13?. The summed E-state index contributed by atoms with van der Waals surface area (Å²) < 4.78 is 33.3. The van der Waals surface area contributed by atoms with Crippen LogP contribution in [0, 0.1) is 23.5 Å². The number of anilines is 1. The molecule has 1 amide bonds. The molecule has 114 valence electrons. The van der Waals surface area contributed by atoms with Gasteiger partial charge >= 0.3 is 6.09 Å². The van der Waals surface area contributed by atoms with Crippen LogP contribution >= 0.6 is 11.8 Å². The van der Waals surface area contributed by atoms with Crippen LogP contribution < -0.4 is 5.32 Å². The first-order valence-corrected chi connectivity index (χ1v) is 8.17. The summed E-state index contributed by atoms with van der Waals surface area (Å²) in [7, 11) is 0. The highest BCUT2D eigenvalue weighted by Crippen LogP contribution is 2.61. The van der Waals surface area contributed by atoms with Gasteiger partial charge in [-0.05, 0) is 55.2 Å². The van der Waals surface area contributed by atoms with Gasteiger partial charge in [0.05, 0.1) is 6.10 Å². The lowest BCUT2D eigenvalue weighted by Gasteiger charge is -2.12. The number of thioether (sulfide) groups is 1. The summed E-state index contributed by atoms with van der Waals surface area (Å²) in [6, 6.07) is 2.34. The van der Waals surface area contributed by atoms with Crippen LogP contribution in [-0.4, -0.2) is 23.7 Å². The minimum atomic E-state index is -0.712. The van der Waals surface area contributed by atoms with Gasteiger partial charge in [-0.2, -0.15) is 11.8 Å². The van der Waals surface area contributed by atoms with E-state index in [1.807, 2.05) is 11.8 Å². The van der Waals surface area contributed by atoms with Crippen molar-refractivity contribution in [1.82, 2.24) is 0 Å². The summed E-state index contributed by atoms with van der Waals surface area (Å²) in [5.74, 6) is 1.61. The van der Waals surface area contributed by atoms with Gasteiger partial charge in [0, 0.05) is 11.3 Å². The summed E-state index contributed by atoms with van der Waals surface area (Å²) in [4.78, 5) is 11.5. The number of rotatable bonds is 3. The van der Waals surface area contributed by atoms with Gasteiger partial charge < -0.3 is 4.74 Å². The molecule has 3 rings (SSSR count). The molecule has 1 aromatic rings. The third-order valence-electron chi connectivity index (χ3n) is 3.95. The molecular weight excluding hydrogens is 296 g/mol. The first-order valence-electron chi connectivity index (χ1n) is 7.01. The van der Waals surface area contributed by atoms with Crippen molar-refractivity contribution in [2.75, 3.05) is 16.8 Å². The predicted octanol–water partition coefficient (Wildman–Crippen LogP) is 4.00. The van der Waals surface area contributed by atoms with Crippen LogP contribution in [0.5, 0.6) is 0 Å². The third-order valence-corrected chi connectivity index (χ3v) is 5.19. The Hall–Kier alpha value is -1.30. The summed E-state index contributed by atoms with van der Waals surface area (Å²) in [6.07, 6.45) is -1.00. The lowest BCUT2D eigenvalue weighted by atomic mass is 10.1. The molecule has 21 heavy (non-hydrogen) atoms. The maximum Gasteiger partial charge on any atom is 0.411 e. The largest absolute Gasteiger partial charge is 0.447 e. The van der Waals surface area contributed by atoms with Crippen LogP contribution in [0.15, 0.2) is 12.1 Å². The van der Waals surface area contributed by atoms with Gasteiger partial charge in [0.1, 0.15) is 11.6 Å². The molecule has 2 fully saturated rings. The number of carbonyl (C=O) groups excluding carboxylic acids is 1. The van der Waals surface area contributed by atoms with Gasteiger partial charge in [-0.15, -0.1) is 0 Å². The van der Waals surface area contributed by atoms with E-state index in [1.165, 1.54) is 12.1 Å². The number of carbonyl (C=O) groups is 1. The van der Waals surface area contributed by atoms with E-state index in [0.29, 0.717) is 11.8 Å². The monoisotopic (exact) mass is 313 g/mol. The third kappa shape index (κ3) is 2.86. The molecule has 0 spiro atoms. The van der Waals surface area contributed by atoms with E-state index >= 15 is 0 Å². The Kier molecular flexibility index (Phi) is 3.82. The summed E-state index contributed by atoms with van der Waals surface area (Å²) in [5.41, 5.74) is 0.257. The number of nitrogens with one attached hydrogen (secondary N) is 1. The molecule has 1 N–H and O–H groups in total. The van der Waals surface area contributed by atoms with Gasteiger partial charge in [0.15, 0.2) is 0 Å². The zero-order valence-corrected chi connectivity index (χ0v) is 12.7. The Bertz CT molecular complexity index is 546. The second kappa shape index (κ2) is 5.48. The molecule has 3 nitrogen and oxygen atoms in total. The van der Waals surface area contributed by atoms with E-state index < -0.39 is 17.7 Å². The SMILES string of the molecule is CC(C)OC(=O)Nc1cc(F)c(C2[C@H]3CSC[C@@H]23)c(F)c1. The van der Waals surface area contributed by atoms with Crippen molar-refractivity contribution in [3.8, 4) is 0 Å². The van der Waals surface area contributed by atoms with Crippen LogP contribution in [0.25, 0.3) is 0 Å². The van der Waals surface area contributed by atoms with Crippen molar-refractivity contribution in [3.63, 3.8) is 0 Å². The number of amides is 1. The molecule has 1 aromatic carbocycles. The number of ether oxygens (including phenoxy) is 1. The van der Waals surface area contributed by atoms with Crippen LogP contribution in [0.2, 0.25) is 0 Å². The number of benzene rings is 1. The van der Waals surface area contributed by atoms with Gasteiger partial charge in [-0.25, -0.2) is 13.6 Å². The minimum Gasteiger partial charge on any atom is -0.447 e. The average Bonchev–Trinajstić information content (AvgIpc) is 2.80. The van der Waals surface area contributed by atoms with E-state index in [2.05, 4.69) is 5.32 Å². The highest BCUT2D eigenvalue weighted by atomic mass is 32.2. The minimum absolute atomic E-state index is 0.00270. The highest BCUT2D eigenvalue weighted by molar-refractivity contribution is 7.99. The zero-order valence-electron chi connectivity index (χ0n) is 11.9. The van der Waals surface area contributed by atoms with Crippen LogP contribution in [0.4, 0.5) is 19.3 Å². The maximum atomic E-state index is 14.2. The molecule has 3 atom stereocenters. The van der Waals surface area contributed by atoms with Crippen LogP contribution in [0.1, 0.15) is 25.3 Å². The number of halogens is 2. The average molecular weight is 313 g/mol. The van der Waals surface area contributed by atoms with Crippen molar-refractivity contribution < 1.29 is 18.3 Å². The first-order chi connectivity index (χ1) is 9.97. The molecular formula is C15H17F2NO2S. The Morgan fingerprint density at radius 3 is 2.38 bits per heavy atom. The van der Waals surface area contributed by atoms with Crippen LogP contribution in [-0.2, 0) is 4.74 Å². The fourth-order valence-corrected chi connectivity index (χ4v) is 4.59. The lowest BCUT2D eigenvalue weighted by Crippen LogP contribution is -2.18. The Morgan fingerprint density at radius 2 is 1.86 bits per heavy atom. The molecule has 1 heterocycles. The van der Waals surface area contributed by atoms with E-state index in [4.69, 9.17) is 4.74 Å². The zero-order chi connectivity index (χ0) is 15.1. The molecule has 0 bridgehead atoms. The second-order valence-electron chi connectivity index (χ2n) is 5.82. The predicted molar refractivity (Wildman–Crippen MR) is 78.6 cm³/mol. The molecule has 0 aromatic heterocycles. The number of hydrogen-bond donors (Lipinski definition) is 1. The van der Waals surface area contributed by atoms with Crippen molar-refractivity contribution >= 4 is 23.5 Å². The maximum absolute atomic E-state index is 14.2. The van der Waals surface area contributed by atoms with Gasteiger partial charge in [-0.1, -0.05) is 0 Å². The van der Waals surface area contributed by atoms with Crippen molar-refractivity contribution in [2.45, 2.75) is 25.9 Å². The van der Waals surface area contributed by atoms with E-state index in [1.54, 1.807) is 13.8 Å². The van der Waals surface area contributed by atoms with Gasteiger partial charge in [0.2, 0.25) is 0 Å². The van der Waals surface area contributed by atoms with E-state index in [0.717, 1.165) is 11.5 Å². The number of hydrogen-bond acceptors (Lipinski definition) is 3. The van der Waals surface area contributed by atoms with Gasteiger partial charge in [-0.3, -0.25) is 5.32 Å². The van der Waals surface area contributed by atoms with Gasteiger partial charge in [0.25, 0.3) is 0 Å². The molecule has 0 radical (unpaired) electrons. The fraction of sp³-hybridized carbons (Fsp3) is 0.533. The molecule has 6 heteroatoms. The lowest BCUT2D eigenvalue weighted by molar-refractivity contribution is 0.130. The van der Waals surface area contributed by atoms with Crippen molar-refractivity contribution in [1.29, 1.82) is 0 Å². The van der Waals surface area contributed by atoms with Crippen molar-refractivity contribution in [2.24, 2.45) is 11.8 Å². The fourth-order valence-electron chi connectivity index (χ4n) is 3.00. The first kappa shape index (κ1) is 14.6. The Labute approximate surface area is 126 Å². The topological polar surface area (TPSA) is 38.3 Å². The molecule has 1 saturated carbocycles. The molecule has 1 saturated heterocycles. The van der Waals surface area contributed by atoms with Crippen LogP contribution in [0.3, 0.4) is 0 Å². The summed E-state index contributed by atoms with van der Waals surface area (Å²) in [6.45, 7) is 3.40. The highest BCUT2D eigenvalue weighted by Gasteiger charge is 2.55. The summed E-state index contributed by atoms with van der Waals surface area (Å²) >= 11 is 1.84. The Balaban J connectivity index is 1.75. The van der Waals surface area contributed by atoms with E-state index in [-0.39, 0.29) is 23.3 Å². The second-order valence-corrected chi connectivity index (χ2v) is 6.90. The normalized spacial score (nSPS) is 26.6. The molecule has 1 aliphatic carbocycles. The quantitative estimate of drug-likeness (QED) is 0.916. The molecule has 1 unspecified atom stereocenters. The number of fused-ring (bicyclic) bond motifs is 1. The molecule has 2 aliphatic rings. The van der Waals surface area contributed by atoms with E-state index in [9.17, 15) is 13.6 Å².